The van der Waals surface area contributed by atoms with Gasteiger partial charge in [0.05, 0.1) is 22.8 Å². The van der Waals surface area contributed by atoms with E-state index in [9.17, 15) is 19.7 Å². The molecule has 0 aliphatic carbocycles. The molecule has 0 bridgehead atoms. The van der Waals surface area contributed by atoms with E-state index in [-0.39, 0.29) is 30.2 Å². The van der Waals surface area contributed by atoms with Crippen LogP contribution in [-0.4, -0.2) is 23.3 Å². The second-order valence-corrected chi connectivity index (χ2v) is 4.19. The van der Waals surface area contributed by atoms with Crippen LogP contribution in [0.1, 0.15) is 29.4 Å². The van der Waals surface area contributed by atoms with E-state index in [1.165, 1.54) is 12.1 Å². The number of thiophene rings is 1. The van der Waals surface area contributed by atoms with Gasteiger partial charge in [-0.25, -0.2) is 0 Å². The maximum atomic E-state index is 11.6. The molecular weight excluding hydrogens is 246 g/mol. The summed E-state index contributed by atoms with van der Waals surface area (Å²) >= 11 is 0.813. The Balaban J connectivity index is 2.52. The van der Waals surface area contributed by atoms with E-state index in [1.807, 2.05) is 0 Å². The van der Waals surface area contributed by atoms with Crippen LogP contribution in [0, 0.1) is 10.1 Å². The minimum absolute atomic E-state index is 0.00162. The molecule has 92 valence electrons. The Morgan fingerprint density at radius 3 is 2.65 bits per heavy atom. The summed E-state index contributed by atoms with van der Waals surface area (Å²) in [5, 5.41) is 10.3. The van der Waals surface area contributed by atoms with Crippen LogP contribution in [0.2, 0.25) is 0 Å². The highest BCUT2D eigenvalue weighted by atomic mass is 32.1. The lowest BCUT2D eigenvalue weighted by atomic mass is 10.2. The predicted octanol–water partition coefficient (Wildman–Crippen LogP) is 2.18. The summed E-state index contributed by atoms with van der Waals surface area (Å²) in [6, 6.07) is 2.68. The van der Waals surface area contributed by atoms with Crippen molar-refractivity contribution in [2.45, 2.75) is 19.8 Å². The highest BCUT2D eigenvalue weighted by Gasteiger charge is 2.16. The van der Waals surface area contributed by atoms with Gasteiger partial charge in [0, 0.05) is 12.5 Å². The Hall–Kier alpha value is -1.76. The second-order valence-electron chi connectivity index (χ2n) is 3.12. The molecule has 0 N–H and O–H groups in total. The maximum Gasteiger partial charge on any atom is 0.324 e. The first-order chi connectivity index (χ1) is 8.04. The van der Waals surface area contributed by atoms with Crippen molar-refractivity contribution in [1.82, 2.24) is 0 Å². The van der Waals surface area contributed by atoms with E-state index in [0.717, 1.165) is 11.3 Å². The molecule has 0 aliphatic heterocycles. The number of nitro groups is 1. The molecule has 0 amide bonds. The lowest BCUT2D eigenvalue weighted by molar-refractivity contribution is -0.380. The molecule has 6 nitrogen and oxygen atoms in total. The molecule has 0 radical (unpaired) electrons. The fraction of sp³-hybridized carbons (Fsp3) is 0.400. The molecular formula is C10H11NO5S. The lowest BCUT2D eigenvalue weighted by Gasteiger charge is -1.99. The smallest absolute Gasteiger partial charge is 0.324 e. The topological polar surface area (TPSA) is 86.5 Å². The molecule has 0 aliphatic rings. The van der Waals surface area contributed by atoms with Gasteiger partial charge in [0.15, 0.2) is 5.78 Å². The zero-order valence-corrected chi connectivity index (χ0v) is 9.99. The zero-order valence-electron chi connectivity index (χ0n) is 9.17. The van der Waals surface area contributed by atoms with Crippen molar-refractivity contribution in [3.8, 4) is 0 Å². The summed E-state index contributed by atoms with van der Waals surface area (Å²) in [6.07, 6.45) is 0.00880. The molecule has 0 unspecified atom stereocenters. The number of carbonyl (C=O) groups excluding carboxylic acids is 2. The molecule has 1 aromatic heterocycles. The summed E-state index contributed by atoms with van der Waals surface area (Å²) in [5.74, 6) is -0.719. The lowest BCUT2D eigenvalue weighted by Crippen LogP contribution is -2.07. The van der Waals surface area contributed by atoms with E-state index >= 15 is 0 Å². The number of ketones is 1. The number of hydrogen-bond acceptors (Lipinski definition) is 6. The molecule has 0 atom stereocenters. The van der Waals surface area contributed by atoms with Crippen molar-refractivity contribution in [2.24, 2.45) is 0 Å². The fourth-order valence-electron chi connectivity index (χ4n) is 1.15. The molecule has 0 spiro atoms. The summed E-state index contributed by atoms with van der Waals surface area (Å²) in [7, 11) is 0. The SMILES string of the molecule is CCOC(=O)CCC(=O)c1ccc([N+](=O)[O-])s1. The van der Waals surface area contributed by atoms with Gasteiger partial charge in [-0.3, -0.25) is 19.7 Å². The molecule has 1 heterocycles. The number of carbonyl (C=O) groups is 2. The number of nitrogens with zero attached hydrogens (tertiary/aromatic N) is 1. The van der Waals surface area contributed by atoms with Crippen molar-refractivity contribution >= 4 is 28.1 Å². The Kier molecular flexibility index (Phi) is 4.77. The van der Waals surface area contributed by atoms with Gasteiger partial charge in [0.25, 0.3) is 0 Å². The molecule has 7 heteroatoms. The van der Waals surface area contributed by atoms with E-state index in [4.69, 9.17) is 0 Å². The Bertz CT molecular complexity index is 440. The van der Waals surface area contributed by atoms with Gasteiger partial charge in [0.2, 0.25) is 0 Å². The third-order valence-electron chi connectivity index (χ3n) is 1.91. The van der Waals surface area contributed by atoms with E-state index < -0.39 is 10.9 Å². The summed E-state index contributed by atoms with van der Waals surface area (Å²) in [6.45, 7) is 1.96. The molecule has 0 saturated carbocycles. The van der Waals surface area contributed by atoms with Gasteiger partial charge in [-0.15, -0.1) is 0 Å². The third-order valence-corrected chi connectivity index (χ3v) is 2.99. The van der Waals surface area contributed by atoms with Gasteiger partial charge in [-0.2, -0.15) is 0 Å². The summed E-state index contributed by atoms with van der Waals surface area (Å²) in [4.78, 5) is 32.7. The molecule has 1 rings (SSSR count). The highest BCUT2D eigenvalue weighted by molar-refractivity contribution is 7.17. The van der Waals surface area contributed by atoms with Crippen LogP contribution in [0.3, 0.4) is 0 Å². The zero-order chi connectivity index (χ0) is 12.8. The first-order valence-electron chi connectivity index (χ1n) is 4.97. The van der Waals surface area contributed by atoms with Gasteiger partial charge in [-0.1, -0.05) is 11.3 Å². The maximum absolute atomic E-state index is 11.6. The number of Topliss-reactive ketones (excluding diaryl/α,β-unsaturated/α-hetero) is 1. The second kappa shape index (κ2) is 6.09. The van der Waals surface area contributed by atoms with Gasteiger partial charge < -0.3 is 4.74 Å². The highest BCUT2D eigenvalue weighted by Crippen LogP contribution is 2.25. The van der Waals surface area contributed by atoms with Gasteiger partial charge >= 0.3 is 11.0 Å². The molecule has 0 aromatic carbocycles. The van der Waals surface area contributed by atoms with Crippen LogP contribution in [0.5, 0.6) is 0 Å². The van der Waals surface area contributed by atoms with Crippen molar-refractivity contribution in [3.63, 3.8) is 0 Å². The van der Waals surface area contributed by atoms with Crippen LogP contribution in [0.25, 0.3) is 0 Å². The Morgan fingerprint density at radius 1 is 1.41 bits per heavy atom. The van der Waals surface area contributed by atoms with Crippen LogP contribution in [-0.2, 0) is 9.53 Å². The summed E-state index contributed by atoms with van der Waals surface area (Å²) < 4.78 is 4.68. The van der Waals surface area contributed by atoms with Crippen molar-refractivity contribution in [1.29, 1.82) is 0 Å². The van der Waals surface area contributed by atoms with Crippen LogP contribution < -0.4 is 0 Å². The molecule has 17 heavy (non-hydrogen) atoms. The average Bonchev–Trinajstić information content (AvgIpc) is 2.75. The van der Waals surface area contributed by atoms with E-state index in [0.29, 0.717) is 4.88 Å². The van der Waals surface area contributed by atoms with E-state index in [2.05, 4.69) is 4.74 Å². The normalized spacial score (nSPS) is 9.94. The monoisotopic (exact) mass is 257 g/mol. The quantitative estimate of drug-likeness (QED) is 0.337. The Morgan fingerprint density at radius 2 is 2.12 bits per heavy atom. The van der Waals surface area contributed by atoms with Crippen LogP contribution in [0.4, 0.5) is 5.00 Å². The Labute approximate surface area is 101 Å². The molecule has 0 saturated heterocycles. The van der Waals surface area contributed by atoms with Gasteiger partial charge in [0.1, 0.15) is 0 Å². The van der Waals surface area contributed by atoms with Gasteiger partial charge in [-0.05, 0) is 13.0 Å². The van der Waals surface area contributed by atoms with Crippen LogP contribution in [0.15, 0.2) is 12.1 Å². The minimum atomic E-state index is -0.549. The standard InChI is InChI=1S/C10H11NO5S/c1-2-16-10(13)6-3-7(12)8-4-5-9(17-8)11(14)15/h4-5H,2-3,6H2,1H3. The number of esters is 1. The average molecular weight is 257 g/mol. The first kappa shape index (κ1) is 13.3. The number of ether oxygens (including phenoxy) is 1. The summed E-state index contributed by atoms with van der Waals surface area (Å²) in [5.41, 5.74) is 0. The molecule has 0 fully saturated rings. The first-order valence-corrected chi connectivity index (χ1v) is 5.79. The minimum Gasteiger partial charge on any atom is -0.466 e. The number of hydrogen-bond donors (Lipinski definition) is 0. The van der Waals surface area contributed by atoms with Crippen molar-refractivity contribution in [2.75, 3.05) is 6.61 Å². The number of rotatable bonds is 6. The third kappa shape index (κ3) is 3.95. The van der Waals surface area contributed by atoms with E-state index in [1.54, 1.807) is 6.92 Å². The van der Waals surface area contributed by atoms with Crippen LogP contribution >= 0.6 is 11.3 Å². The fourth-order valence-corrected chi connectivity index (χ4v) is 1.94. The van der Waals surface area contributed by atoms with Crippen molar-refractivity contribution < 1.29 is 19.2 Å². The largest absolute Gasteiger partial charge is 0.466 e. The molecule has 1 aromatic rings. The van der Waals surface area contributed by atoms with Crippen molar-refractivity contribution in [3.05, 3.63) is 27.1 Å². The predicted molar refractivity (Wildman–Crippen MR) is 61.2 cm³/mol.